The van der Waals surface area contributed by atoms with E-state index < -0.39 is 18.0 Å². The normalized spacial score (nSPS) is 20.3. The SMILES string of the molecule is CC(C)C1(C(=O)O)CCN(C(=O)CCc2ccc(OC(F)F)cc2)C1. The number of halogens is 2. The molecule has 0 aromatic heterocycles. The maximum Gasteiger partial charge on any atom is 0.387 e. The van der Waals surface area contributed by atoms with Crippen LogP contribution in [0.4, 0.5) is 8.78 Å². The number of carbonyl (C=O) groups is 2. The van der Waals surface area contributed by atoms with Gasteiger partial charge < -0.3 is 14.7 Å². The molecule has 1 heterocycles. The number of carboxylic acids is 1. The van der Waals surface area contributed by atoms with Crippen molar-refractivity contribution in [3.05, 3.63) is 29.8 Å². The number of alkyl halides is 2. The average Bonchev–Trinajstić information content (AvgIpc) is 3.00. The lowest BCUT2D eigenvalue weighted by Gasteiger charge is -2.28. The Hall–Kier alpha value is -2.18. The van der Waals surface area contributed by atoms with E-state index >= 15 is 0 Å². The second kappa shape index (κ2) is 7.80. The minimum Gasteiger partial charge on any atom is -0.481 e. The molecule has 1 unspecified atom stereocenters. The second-order valence-corrected chi connectivity index (χ2v) is 6.70. The van der Waals surface area contributed by atoms with Crippen LogP contribution in [-0.2, 0) is 16.0 Å². The summed E-state index contributed by atoms with van der Waals surface area (Å²) in [5.41, 5.74) is -0.0354. The summed E-state index contributed by atoms with van der Waals surface area (Å²) < 4.78 is 28.5. The third-order valence-corrected chi connectivity index (χ3v) is 4.96. The van der Waals surface area contributed by atoms with Crippen LogP contribution in [0.5, 0.6) is 5.75 Å². The minimum atomic E-state index is -2.86. The van der Waals surface area contributed by atoms with Crippen LogP contribution < -0.4 is 4.74 Å². The molecule has 5 nitrogen and oxygen atoms in total. The zero-order valence-electron chi connectivity index (χ0n) is 14.4. The lowest BCUT2D eigenvalue weighted by Crippen LogP contribution is -2.40. The van der Waals surface area contributed by atoms with Crippen LogP contribution in [0.3, 0.4) is 0 Å². The Kier molecular flexibility index (Phi) is 5.98. The van der Waals surface area contributed by atoms with E-state index in [4.69, 9.17) is 0 Å². The Bertz CT molecular complexity index is 618. The van der Waals surface area contributed by atoms with Gasteiger partial charge in [-0.05, 0) is 36.5 Å². The van der Waals surface area contributed by atoms with E-state index in [1.54, 1.807) is 17.0 Å². The van der Waals surface area contributed by atoms with Crippen molar-refractivity contribution in [3.63, 3.8) is 0 Å². The highest BCUT2D eigenvalue weighted by molar-refractivity contribution is 5.81. The number of benzene rings is 1. The van der Waals surface area contributed by atoms with Crippen molar-refractivity contribution < 1.29 is 28.2 Å². The molecule has 1 atom stereocenters. The largest absolute Gasteiger partial charge is 0.481 e. The van der Waals surface area contributed by atoms with Crippen LogP contribution in [0.1, 0.15) is 32.3 Å². The lowest BCUT2D eigenvalue weighted by atomic mass is 9.76. The highest BCUT2D eigenvalue weighted by Gasteiger charge is 2.48. The van der Waals surface area contributed by atoms with Crippen molar-refractivity contribution in [2.24, 2.45) is 11.3 Å². The summed E-state index contributed by atoms with van der Waals surface area (Å²) in [6, 6.07) is 6.17. The fraction of sp³-hybridized carbons (Fsp3) is 0.556. The molecule has 1 aliphatic rings. The maximum atomic E-state index is 12.4. The van der Waals surface area contributed by atoms with Gasteiger partial charge >= 0.3 is 12.6 Å². The number of hydrogen-bond donors (Lipinski definition) is 1. The van der Waals surface area contributed by atoms with Gasteiger partial charge in [0.05, 0.1) is 5.41 Å². The molecule has 2 rings (SSSR count). The first-order chi connectivity index (χ1) is 11.7. The van der Waals surface area contributed by atoms with Crippen molar-refractivity contribution in [2.45, 2.75) is 39.7 Å². The number of amides is 1. The van der Waals surface area contributed by atoms with Gasteiger partial charge in [0, 0.05) is 19.5 Å². The number of aliphatic carboxylic acids is 1. The summed E-state index contributed by atoms with van der Waals surface area (Å²) in [6.07, 6.45) is 1.18. The first-order valence-electron chi connectivity index (χ1n) is 8.29. The molecule has 1 aliphatic heterocycles. The van der Waals surface area contributed by atoms with E-state index in [0.29, 0.717) is 19.4 Å². The summed E-state index contributed by atoms with van der Waals surface area (Å²) in [5, 5.41) is 9.53. The Morgan fingerprint density at radius 1 is 1.28 bits per heavy atom. The van der Waals surface area contributed by atoms with E-state index in [1.807, 2.05) is 13.8 Å². The van der Waals surface area contributed by atoms with Gasteiger partial charge in [-0.3, -0.25) is 9.59 Å². The molecule has 0 saturated carbocycles. The van der Waals surface area contributed by atoms with Crippen LogP contribution in [0.25, 0.3) is 0 Å². The van der Waals surface area contributed by atoms with Crippen molar-refractivity contribution in [1.29, 1.82) is 0 Å². The predicted octanol–water partition coefficient (Wildman–Crippen LogP) is 3.18. The summed E-state index contributed by atoms with van der Waals surface area (Å²) in [5.74, 6) is -0.915. The van der Waals surface area contributed by atoms with Crippen LogP contribution in [0, 0.1) is 11.3 Å². The molecule has 25 heavy (non-hydrogen) atoms. The number of hydrogen-bond acceptors (Lipinski definition) is 3. The quantitative estimate of drug-likeness (QED) is 0.816. The Morgan fingerprint density at radius 3 is 2.40 bits per heavy atom. The maximum absolute atomic E-state index is 12.4. The number of carboxylic acid groups (broad SMARTS) is 1. The molecule has 0 aliphatic carbocycles. The molecule has 1 aromatic carbocycles. The molecular weight excluding hydrogens is 332 g/mol. The number of nitrogens with zero attached hydrogens (tertiary/aromatic N) is 1. The van der Waals surface area contributed by atoms with Crippen LogP contribution in [0.2, 0.25) is 0 Å². The summed E-state index contributed by atoms with van der Waals surface area (Å²) >= 11 is 0. The van der Waals surface area contributed by atoms with Crippen molar-refractivity contribution in [3.8, 4) is 5.75 Å². The highest BCUT2D eigenvalue weighted by atomic mass is 19.3. The average molecular weight is 355 g/mol. The highest BCUT2D eigenvalue weighted by Crippen LogP contribution is 2.38. The lowest BCUT2D eigenvalue weighted by molar-refractivity contribution is -0.151. The van der Waals surface area contributed by atoms with E-state index in [2.05, 4.69) is 4.74 Å². The molecule has 0 bridgehead atoms. The van der Waals surface area contributed by atoms with E-state index in [-0.39, 0.29) is 30.5 Å². The molecule has 0 radical (unpaired) electrons. The molecule has 1 saturated heterocycles. The van der Waals surface area contributed by atoms with Gasteiger partial charge in [0.25, 0.3) is 0 Å². The number of aryl methyl sites for hydroxylation is 1. The Balaban J connectivity index is 1.90. The van der Waals surface area contributed by atoms with Gasteiger partial charge in [0.2, 0.25) is 5.91 Å². The standard InChI is InChI=1S/C18H23F2NO4/c1-12(2)18(16(23)24)9-10-21(11-18)15(22)8-5-13-3-6-14(7-4-13)25-17(19)20/h3-4,6-7,12,17H,5,8-11H2,1-2H3,(H,23,24). The third kappa shape index (κ3) is 4.46. The van der Waals surface area contributed by atoms with Crippen LogP contribution in [-0.4, -0.2) is 41.6 Å². The molecule has 7 heteroatoms. The van der Waals surface area contributed by atoms with E-state index in [9.17, 15) is 23.5 Å². The number of carbonyl (C=O) groups excluding carboxylic acids is 1. The molecule has 1 amide bonds. The summed E-state index contributed by atoms with van der Waals surface area (Å²) in [4.78, 5) is 25.6. The first kappa shape index (κ1) is 19.1. The smallest absolute Gasteiger partial charge is 0.387 e. The zero-order valence-corrected chi connectivity index (χ0v) is 14.4. The van der Waals surface area contributed by atoms with Gasteiger partial charge in [0.15, 0.2) is 0 Å². The van der Waals surface area contributed by atoms with Gasteiger partial charge in [0.1, 0.15) is 5.75 Å². The van der Waals surface area contributed by atoms with Gasteiger partial charge in [-0.1, -0.05) is 26.0 Å². The van der Waals surface area contributed by atoms with Gasteiger partial charge in [-0.25, -0.2) is 0 Å². The minimum absolute atomic E-state index is 0.0508. The van der Waals surface area contributed by atoms with E-state index in [1.165, 1.54) is 12.1 Å². The first-order valence-corrected chi connectivity index (χ1v) is 8.29. The molecular formula is C18H23F2NO4. The molecule has 1 aromatic rings. The predicted molar refractivity (Wildman–Crippen MR) is 87.5 cm³/mol. The number of likely N-dealkylation sites (tertiary alicyclic amines) is 1. The Morgan fingerprint density at radius 2 is 1.92 bits per heavy atom. The fourth-order valence-corrected chi connectivity index (χ4v) is 3.19. The van der Waals surface area contributed by atoms with Gasteiger partial charge in [-0.15, -0.1) is 0 Å². The zero-order chi connectivity index (χ0) is 18.6. The molecule has 138 valence electrons. The third-order valence-electron chi connectivity index (χ3n) is 4.96. The van der Waals surface area contributed by atoms with Crippen molar-refractivity contribution in [2.75, 3.05) is 13.1 Å². The number of rotatable bonds is 7. The topological polar surface area (TPSA) is 66.8 Å². The van der Waals surface area contributed by atoms with Gasteiger partial charge in [-0.2, -0.15) is 8.78 Å². The molecule has 1 N–H and O–H groups in total. The molecule has 0 spiro atoms. The fourth-order valence-electron chi connectivity index (χ4n) is 3.19. The van der Waals surface area contributed by atoms with Crippen molar-refractivity contribution >= 4 is 11.9 Å². The second-order valence-electron chi connectivity index (χ2n) is 6.70. The monoisotopic (exact) mass is 355 g/mol. The summed E-state index contributed by atoms with van der Waals surface area (Å²) in [6.45, 7) is 1.55. The van der Waals surface area contributed by atoms with Crippen LogP contribution in [0.15, 0.2) is 24.3 Å². The van der Waals surface area contributed by atoms with Crippen LogP contribution >= 0.6 is 0 Å². The van der Waals surface area contributed by atoms with Crippen molar-refractivity contribution in [1.82, 2.24) is 4.90 Å². The van der Waals surface area contributed by atoms with E-state index in [0.717, 1.165) is 5.56 Å². The Labute approximate surface area is 145 Å². The number of ether oxygens (including phenoxy) is 1. The molecule has 1 fully saturated rings. The summed E-state index contributed by atoms with van der Waals surface area (Å²) in [7, 11) is 0.